The van der Waals surface area contributed by atoms with Crippen molar-refractivity contribution in [2.75, 3.05) is 11.4 Å². The fourth-order valence-electron chi connectivity index (χ4n) is 4.27. The maximum absolute atomic E-state index is 13.6. The quantitative estimate of drug-likeness (QED) is 0.801. The van der Waals surface area contributed by atoms with Crippen molar-refractivity contribution in [3.63, 3.8) is 0 Å². The largest absolute Gasteiger partial charge is 0.305 e. The molecular formula is C19H23F2NO. The molecule has 2 nitrogen and oxygen atoms in total. The first-order chi connectivity index (χ1) is 10.7. The summed E-state index contributed by atoms with van der Waals surface area (Å²) in [4.78, 5) is 14.0. The summed E-state index contributed by atoms with van der Waals surface area (Å²) in [6, 6.07) is 6.16. The Morgan fingerprint density at radius 3 is 2.57 bits per heavy atom. The van der Waals surface area contributed by atoms with Crippen LogP contribution in [-0.2, 0) is 10.2 Å². The molecule has 0 radical (unpaired) electrons. The Morgan fingerprint density at radius 1 is 1.35 bits per heavy atom. The first kappa shape index (κ1) is 15.1. The second-order valence-corrected chi connectivity index (χ2v) is 8.07. The van der Waals surface area contributed by atoms with Gasteiger partial charge < -0.3 is 4.90 Å². The van der Waals surface area contributed by atoms with Crippen molar-refractivity contribution in [1.29, 1.82) is 0 Å². The molecule has 0 unspecified atom stereocenters. The molecule has 124 valence electrons. The molecule has 4 heteroatoms. The molecule has 1 spiro atoms. The Balaban J connectivity index is 1.70. The van der Waals surface area contributed by atoms with Crippen LogP contribution in [0.4, 0.5) is 14.5 Å². The topological polar surface area (TPSA) is 20.3 Å². The van der Waals surface area contributed by atoms with Crippen LogP contribution in [0.2, 0.25) is 0 Å². The summed E-state index contributed by atoms with van der Waals surface area (Å²) in [6.45, 7) is 4.83. The molecule has 0 N–H and O–H groups in total. The minimum absolute atomic E-state index is 0.123. The van der Waals surface area contributed by atoms with E-state index in [1.165, 1.54) is 16.9 Å². The molecule has 2 saturated carbocycles. The fourth-order valence-corrected chi connectivity index (χ4v) is 4.27. The Kier molecular flexibility index (Phi) is 2.99. The van der Waals surface area contributed by atoms with Crippen LogP contribution in [0.15, 0.2) is 18.2 Å². The number of anilines is 1. The van der Waals surface area contributed by atoms with E-state index in [2.05, 4.69) is 19.9 Å². The van der Waals surface area contributed by atoms with E-state index in [0.717, 1.165) is 31.0 Å². The predicted molar refractivity (Wildman–Crippen MR) is 86.0 cm³/mol. The minimum atomic E-state index is -2.87. The Hall–Kier alpha value is -1.45. The van der Waals surface area contributed by atoms with Gasteiger partial charge >= 0.3 is 0 Å². The molecule has 1 aliphatic heterocycles. The molecular weight excluding hydrogens is 296 g/mol. The number of rotatable bonds is 4. The van der Waals surface area contributed by atoms with Gasteiger partial charge in [0, 0.05) is 12.6 Å². The van der Waals surface area contributed by atoms with Gasteiger partial charge in [0.15, 0.2) is 0 Å². The van der Waals surface area contributed by atoms with E-state index >= 15 is 0 Å². The van der Waals surface area contributed by atoms with E-state index < -0.39 is 17.9 Å². The lowest BCUT2D eigenvalue weighted by molar-refractivity contribution is -0.121. The second-order valence-electron chi connectivity index (χ2n) is 8.07. The molecule has 2 aliphatic carbocycles. The van der Waals surface area contributed by atoms with Crippen molar-refractivity contribution >= 4 is 11.6 Å². The van der Waals surface area contributed by atoms with Crippen LogP contribution in [-0.4, -0.2) is 18.4 Å². The molecule has 3 aliphatic rings. The van der Waals surface area contributed by atoms with E-state index in [1.54, 1.807) is 0 Å². The third-order valence-corrected chi connectivity index (χ3v) is 5.79. The second kappa shape index (κ2) is 4.55. The number of hydrogen-bond donors (Lipinski definition) is 0. The lowest BCUT2D eigenvalue weighted by Crippen LogP contribution is -2.39. The number of hydrogen-bond acceptors (Lipinski definition) is 1. The van der Waals surface area contributed by atoms with Gasteiger partial charge in [-0.25, -0.2) is 8.78 Å². The number of alkyl halides is 2. The third-order valence-electron chi connectivity index (χ3n) is 5.79. The molecule has 1 heterocycles. The summed E-state index contributed by atoms with van der Waals surface area (Å²) in [5, 5.41) is 0. The summed E-state index contributed by atoms with van der Waals surface area (Å²) >= 11 is 0. The number of carbonyl (C=O) groups excluding carboxylic acids is 1. The highest BCUT2D eigenvalue weighted by molar-refractivity contribution is 6.10. The van der Waals surface area contributed by atoms with Crippen LogP contribution in [0.25, 0.3) is 0 Å². The number of carbonyl (C=O) groups is 1. The van der Waals surface area contributed by atoms with E-state index in [9.17, 15) is 13.6 Å². The minimum Gasteiger partial charge on any atom is -0.305 e. The molecule has 0 aromatic heterocycles. The average Bonchev–Trinajstić information content (AvgIpc) is 3.34. The van der Waals surface area contributed by atoms with Crippen LogP contribution in [0.3, 0.4) is 0 Å². The van der Waals surface area contributed by atoms with Gasteiger partial charge in [0.2, 0.25) is 5.91 Å². The molecule has 23 heavy (non-hydrogen) atoms. The summed E-state index contributed by atoms with van der Waals surface area (Å²) in [5.41, 5.74) is 2.43. The Morgan fingerprint density at radius 2 is 2.04 bits per heavy atom. The van der Waals surface area contributed by atoms with Crippen molar-refractivity contribution < 1.29 is 13.6 Å². The van der Waals surface area contributed by atoms with Gasteiger partial charge in [-0.3, -0.25) is 4.79 Å². The van der Waals surface area contributed by atoms with E-state index in [1.807, 2.05) is 12.1 Å². The van der Waals surface area contributed by atoms with Crippen molar-refractivity contribution in [2.45, 2.75) is 57.3 Å². The standard InChI is InChI=1S/C19H23F2NO/c1-11(2)13-9-14(13)12-4-5-15-16(8-12)22(10-18(3,20)21)17(23)19(15)6-7-19/h4-5,8,11,13-14H,6-7,9-10H2,1-3H3/t13-,14-/m1/s1. The molecule has 2 atom stereocenters. The molecule has 2 fully saturated rings. The van der Waals surface area contributed by atoms with E-state index in [4.69, 9.17) is 0 Å². The van der Waals surface area contributed by atoms with Crippen LogP contribution < -0.4 is 4.90 Å². The Labute approximate surface area is 135 Å². The molecule has 1 amide bonds. The van der Waals surface area contributed by atoms with E-state index in [-0.39, 0.29) is 5.91 Å². The molecule has 4 rings (SSSR count). The van der Waals surface area contributed by atoms with Crippen LogP contribution in [0.5, 0.6) is 0 Å². The number of fused-ring (bicyclic) bond motifs is 2. The highest BCUT2D eigenvalue weighted by atomic mass is 19.3. The van der Waals surface area contributed by atoms with Crippen molar-refractivity contribution in [2.24, 2.45) is 11.8 Å². The van der Waals surface area contributed by atoms with Gasteiger partial charge in [0.1, 0.15) is 0 Å². The summed E-state index contributed by atoms with van der Waals surface area (Å²) in [7, 11) is 0. The van der Waals surface area contributed by atoms with Crippen LogP contribution in [0, 0.1) is 11.8 Å². The molecule has 0 saturated heterocycles. The summed E-state index contributed by atoms with van der Waals surface area (Å²) in [6.07, 6.45) is 2.75. The predicted octanol–water partition coefficient (Wildman–Crippen LogP) is 4.48. The maximum Gasteiger partial charge on any atom is 0.263 e. The molecule has 1 aromatic carbocycles. The lowest BCUT2D eigenvalue weighted by Gasteiger charge is -2.22. The first-order valence-corrected chi connectivity index (χ1v) is 8.57. The van der Waals surface area contributed by atoms with Gasteiger partial charge in [0.05, 0.1) is 12.0 Å². The highest BCUT2D eigenvalue weighted by Gasteiger charge is 2.60. The zero-order valence-electron chi connectivity index (χ0n) is 13.9. The maximum atomic E-state index is 13.6. The van der Waals surface area contributed by atoms with Gasteiger partial charge in [0.25, 0.3) is 5.92 Å². The van der Waals surface area contributed by atoms with Crippen LogP contribution >= 0.6 is 0 Å². The summed E-state index contributed by atoms with van der Waals surface area (Å²) < 4.78 is 27.1. The normalized spacial score (nSPS) is 27.7. The smallest absolute Gasteiger partial charge is 0.263 e. The van der Waals surface area contributed by atoms with Crippen molar-refractivity contribution in [1.82, 2.24) is 0 Å². The van der Waals surface area contributed by atoms with Gasteiger partial charge in [-0.05, 0) is 54.2 Å². The lowest BCUT2D eigenvalue weighted by atomic mass is 9.95. The third kappa shape index (κ3) is 2.29. The summed E-state index contributed by atoms with van der Waals surface area (Å²) in [5.74, 6) is -1.15. The van der Waals surface area contributed by atoms with Gasteiger partial charge in [-0.2, -0.15) is 0 Å². The first-order valence-electron chi connectivity index (χ1n) is 8.57. The average molecular weight is 319 g/mol. The molecule has 0 bridgehead atoms. The number of benzene rings is 1. The number of halogens is 2. The monoisotopic (exact) mass is 319 g/mol. The van der Waals surface area contributed by atoms with Gasteiger partial charge in [-0.15, -0.1) is 0 Å². The van der Waals surface area contributed by atoms with Crippen LogP contribution in [0.1, 0.15) is 57.1 Å². The highest BCUT2D eigenvalue weighted by Crippen LogP contribution is 2.59. The zero-order valence-corrected chi connectivity index (χ0v) is 13.9. The SMILES string of the molecule is CC(C)[C@H]1C[C@@H]1c1ccc2c(c1)N(CC(C)(F)F)C(=O)C21CC1. The van der Waals surface area contributed by atoms with E-state index in [0.29, 0.717) is 17.8 Å². The fraction of sp³-hybridized carbons (Fsp3) is 0.632. The van der Waals surface area contributed by atoms with Crippen molar-refractivity contribution in [3.8, 4) is 0 Å². The number of amides is 1. The molecule has 1 aromatic rings. The zero-order chi connectivity index (χ0) is 16.6. The van der Waals surface area contributed by atoms with Gasteiger partial charge in [-0.1, -0.05) is 26.0 Å². The Bertz CT molecular complexity index is 672. The van der Waals surface area contributed by atoms with Crippen molar-refractivity contribution in [3.05, 3.63) is 29.3 Å². The number of nitrogens with zero attached hydrogens (tertiary/aromatic N) is 1.